The number of aliphatic carboxylic acids is 1. The maximum Gasteiger partial charge on any atom is 0.362 e. The van der Waals surface area contributed by atoms with Crippen LogP contribution in [0.4, 0.5) is 0 Å². The molecule has 0 aliphatic carbocycles. The van der Waals surface area contributed by atoms with Gasteiger partial charge in [-0.05, 0) is 51.4 Å². The van der Waals surface area contributed by atoms with E-state index in [-0.39, 0.29) is 42.7 Å². The van der Waals surface area contributed by atoms with Crippen LogP contribution >= 0.6 is 0 Å². The van der Waals surface area contributed by atoms with Crippen molar-refractivity contribution in [1.82, 2.24) is 0 Å². The number of carboxylic acid groups (broad SMARTS) is 1. The van der Waals surface area contributed by atoms with Gasteiger partial charge < -0.3 is 23.8 Å². The second-order valence-corrected chi connectivity index (χ2v) is 11.6. The molecule has 0 aromatic carbocycles. The summed E-state index contributed by atoms with van der Waals surface area (Å²) >= 11 is 0. The molecule has 0 saturated heterocycles. The summed E-state index contributed by atoms with van der Waals surface area (Å²) in [5.74, 6) is -1.60. The first-order chi connectivity index (χ1) is 20.6. The van der Waals surface area contributed by atoms with Gasteiger partial charge >= 0.3 is 17.9 Å². The fraction of sp³-hybridized carbons (Fsp3) is 0.686. The molecule has 246 valence electrons. The van der Waals surface area contributed by atoms with Gasteiger partial charge in [-0.2, -0.15) is 0 Å². The normalized spacial score (nSPS) is 13.8. The van der Waals surface area contributed by atoms with Gasteiger partial charge in [-0.25, -0.2) is 4.79 Å². The van der Waals surface area contributed by atoms with Gasteiger partial charge in [-0.15, -0.1) is 0 Å². The number of unbranched alkanes of at least 4 members (excludes halogenated alkanes) is 5. The number of carboxylic acids is 1. The Labute approximate surface area is 261 Å². The number of ether oxygens (including phenoxy) is 3. The van der Waals surface area contributed by atoms with Crippen LogP contribution in [0.5, 0.6) is 0 Å². The second kappa shape index (κ2) is 26.9. The third-order valence-corrected chi connectivity index (χ3v) is 6.74. The number of rotatable bonds is 27. The van der Waals surface area contributed by atoms with Crippen molar-refractivity contribution in [3.05, 3.63) is 48.6 Å². The van der Waals surface area contributed by atoms with Crippen molar-refractivity contribution in [2.75, 3.05) is 41.0 Å². The van der Waals surface area contributed by atoms with Gasteiger partial charge in [0.1, 0.15) is 6.61 Å². The highest BCUT2D eigenvalue weighted by atomic mass is 16.6. The van der Waals surface area contributed by atoms with Crippen LogP contribution in [-0.4, -0.2) is 80.6 Å². The molecule has 0 spiro atoms. The average Bonchev–Trinajstić information content (AvgIpc) is 2.94. The number of allylic oxidation sites excluding steroid dienone is 8. The molecule has 0 bridgehead atoms. The highest BCUT2D eigenvalue weighted by Gasteiger charge is 2.31. The van der Waals surface area contributed by atoms with Gasteiger partial charge in [0.2, 0.25) is 0 Å². The number of carbonyl (C=O) groups excluding carboxylic acids is 2. The van der Waals surface area contributed by atoms with E-state index in [0.29, 0.717) is 19.3 Å². The summed E-state index contributed by atoms with van der Waals surface area (Å²) in [6, 6.07) is -0.623. The lowest BCUT2D eigenvalue weighted by Crippen LogP contribution is -2.50. The molecule has 0 amide bonds. The standard InChI is InChI=1S/C35H59NO7/c1-6-8-10-12-14-15-16-17-18-20-21-23-25-33(37)42-30-31(29-41-28-27-32(35(39)40)36(3,4)5)43-34(38)26-24-22-19-13-11-9-7-2/h8-11,14-15,19,22,31-32H,6-7,12-13,16-18,20-21,23-30H2,1-5H3/p+1/b10-8+,11-9+,15-14+,22-19+. The molecule has 0 radical (unpaired) electrons. The van der Waals surface area contributed by atoms with E-state index in [1.807, 2.05) is 33.3 Å². The molecule has 0 aromatic rings. The Bertz CT molecular complexity index is 855. The topological polar surface area (TPSA) is 99.1 Å². The first-order valence-electron chi connectivity index (χ1n) is 16.2. The predicted molar refractivity (Wildman–Crippen MR) is 174 cm³/mol. The van der Waals surface area contributed by atoms with Crippen molar-refractivity contribution < 1.29 is 38.2 Å². The lowest BCUT2D eigenvalue weighted by Gasteiger charge is -2.31. The maximum atomic E-state index is 12.4. The molecule has 0 aliphatic heterocycles. The molecule has 0 fully saturated rings. The summed E-state index contributed by atoms with van der Waals surface area (Å²) in [5.41, 5.74) is 0. The second-order valence-electron chi connectivity index (χ2n) is 11.6. The van der Waals surface area contributed by atoms with Crippen molar-refractivity contribution in [2.45, 2.75) is 116 Å². The molecule has 43 heavy (non-hydrogen) atoms. The molecule has 0 heterocycles. The zero-order chi connectivity index (χ0) is 32.2. The third kappa shape index (κ3) is 25.5. The lowest BCUT2D eigenvalue weighted by atomic mass is 10.1. The number of esters is 2. The van der Waals surface area contributed by atoms with Crippen LogP contribution in [0.1, 0.15) is 104 Å². The van der Waals surface area contributed by atoms with Crippen LogP contribution in [-0.2, 0) is 28.6 Å². The number of carbonyl (C=O) groups is 3. The lowest BCUT2D eigenvalue weighted by molar-refractivity contribution is -0.887. The summed E-state index contributed by atoms with van der Waals surface area (Å²) in [5, 5.41) is 9.52. The summed E-state index contributed by atoms with van der Waals surface area (Å²) in [4.78, 5) is 36.4. The van der Waals surface area contributed by atoms with E-state index in [4.69, 9.17) is 14.2 Å². The molecule has 1 N–H and O–H groups in total. The summed E-state index contributed by atoms with van der Waals surface area (Å²) < 4.78 is 17.0. The minimum absolute atomic E-state index is 0.0312. The largest absolute Gasteiger partial charge is 0.477 e. The van der Waals surface area contributed by atoms with E-state index < -0.39 is 18.1 Å². The number of hydrogen-bond acceptors (Lipinski definition) is 6. The van der Waals surface area contributed by atoms with Gasteiger partial charge in [0, 0.05) is 19.3 Å². The van der Waals surface area contributed by atoms with Gasteiger partial charge in [-0.3, -0.25) is 9.59 Å². The van der Waals surface area contributed by atoms with E-state index in [0.717, 1.165) is 64.2 Å². The molecule has 8 nitrogen and oxygen atoms in total. The molecule has 2 unspecified atom stereocenters. The minimum atomic E-state index is -0.890. The highest BCUT2D eigenvalue weighted by Crippen LogP contribution is 2.11. The van der Waals surface area contributed by atoms with Crippen molar-refractivity contribution in [2.24, 2.45) is 0 Å². The van der Waals surface area contributed by atoms with Crippen LogP contribution in [0.3, 0.4) is 0 Å². The van der Waals surface area contributed by atoms with E-state index in [9.17, 15) is 19.5 Å². The monoisotopic (exact) mass is 606 g/mol. The van der Waals surface area contributed by atoms with Crippen LogP contribution in [0.15, 0.2) is 48.6 Å². The van der Waals surface area contributed by atoms with Gasteiger partial charge in [0.15, 0.2) is 12.1 Å². The van der Waals surface area contributed by atoms with E-state index in [2.05, 4.69) is 50.3 Å². The molecule has 2 atom stereocenters. The summed E-state index contributed by atoms with van der Waals surface area (Å²) in [6.07, 6.45) is 27.7. The first-order valence-corrected chi connectivity index (χ1v) is 16.2. The summed E-state index contributed by atoms with van der Waals surface area (Å²) in [6.45, 7) is 4.35. The van der Waals surface area contributed by atoms with Gasteiger partial charge in [0.05, 0.1) is 34.4 Å². The average molecular weight is 607 g/mol. The van der Waals surface area contributed by atoms with E-state index >= 15 is 0 Å². The Morgan fingerprint density at radius 2 is 1.28 bits per heavy atom. The quantitative estimate of drug-likeness (QED) is 0.0452. The van der Waals surface area contributed by atoms with Crippen molar-refractivity contribution >= 4 is 17.9 Å². The molecule has 0 rings (SSSR count). The van der Waals surface area contributed by atoms with Crippen LogP contribution in [0.2, 0.25) is 0 Å². The third-order valence-electron chi connectivity index (χ3n) is 6.74. The number of quaternary nitrogens is 1. The summed E-state index contributed by atoms with van der Waals surface area (Å²) in [7, 11) is 5.47. The Kier molecular flexibility index (Phi) is 25.2. The number of likely N-dealkylation sites (N-methyl/N-ethyl adjacent to an activating group) is 1. The Hall–Kier alpha value is -2.71. The zero-order valence-electron chi connectivity index (χ0n) is 27.6. The number of nitrogens with zero attached hydrogens (tertiary/aromatic N) is 1. The number of hydrogen-bond donors (Lipinski definition) is 1. The smallest absolute Gasteiger partial charge is 0.362 e. The molecular formula is C35H60NO7+. The fourth-order valence-electron chi connectivity index (χ4n) is 4.24. The molecular weight excluding hydrogens is 546 g/mol. The zero-order valence-corrected chi connectivity index (χ0v) is 27.6. The van der Waals surface area contributed by atoms with Crippen molar-refractivity contribution in [3.63, 3.8) is 0 Å². The van der Waals surface area contributed by atoms with Crippen molar-refractivity contribution in [1.29, 1.82) is 0 Å². The SMILES string of the molecule is CC/C=C/C/C=C/CCCCCCCC(=O)OCC(COCCC(C(=O)O)[N+](C)(C)C)OC(=O)CC/C=C/C/C=C/CC. The highest BCUT2D eigenvalue weighted by molar-refractivity contribution is 5.72. The minimum Gasteiger partial charge on any atom is -0.477 e. The van der Waals surface area contributed by atoms with Crippen LogP contribution in [0, 0.1) is 0 Å². The van der Waals surface area contributed by atoms with Gasteiger partial charge in [-0.1, -0.05) is 81.7 Å². The Balaban J connectivity index is 4.53. The molecule has 0 saturated carbocycles. The van der Waals surface area contributed by atoms with E-state index in [1.165, 1.54) is 0 Å². The fourth-order valence-corrected chi connectivity index (χ4v) is 4.24. The Morgan fingerprint density at radius 1 is 0.698 bits per heavy atom. The van der Waals surface area contributed by atoms with Gasteiger partial charge in [0.25, 0.3) is 0 Å². The predicted octanol–water partition coefficient (Wildman–Crippen LogP) is 7.34. The molecule has 0 aliphatic rings. The maximum absolute atomic E-state index is 12.4. The van der Waals surface area contributed by atoms with Crippen LogP contribution < -0.4 is 0 Å². The first kappa shape index (κ1) is 40.3. The van der Waals surface area contributed by atoms with Crippen LogP contribution in [0.25, 0.3) is 0 Å². The molecule has 0 aromatic heterocycles. The van der Waals surface area contributed by atoms with Crippen molar-refractivity contribution in [3.8, 4) is 0 Å². The van der Waals surface area contributed by atoms with E-state index in [1.54, 1.807) is 0 Å². The Morgan fingerprint density at radius 3 is 1.88 bits per heavy atom. The molecule has 8 heteroatoms.